The van der Waals surface area contributed by atoms with Crippen LogP contribution in [0.1, 0.15) is 34.9 Å². The Labute approximate surface area is 183 Å². The van der Waals surface area contributed by atoms with Gasteiger partial charge in [0, 0.05) is 23.6 Å². The standard InChI is InChI=1S/C22H22ClNO5S/c1-12-7-9-30-21(12)18-17(19(25)13-5-6-15(23)16(10-13)28-2)20(26)22(27)24(18)11-14-4-3-8-29-14/h5-7,9-10,14,18,25H,3-4,8,11H2,1-2H3/b19-17-. The number of methoxy groups -OCH3 is 1. The first-order valence-electron chi connectivity index (χ1n) is 9.70. The quantitative estimate of drug-likeness (QED) is 0.419. The van der Waals surface area contributed by atoms with E-state index >= 15 is 0 Å². The number of thiophene rings is 1. The van der Waals surface area contributed by atoms with Crippen molar-refractivity contribution in [2.45, 2.75) is 31.9 Å². The van der Waals surface area contributed by atoms with Crippen molar-refractivity contribution in [3.63, 3.8) is 0 Å². The fraction of sp³-hybridized carbons (Fsp3) is 0.364. The number of aryl methyl sites for hydroxylation is 1. The fourth-order valence-electron chi connectivity index (χ4n) is 3.98. The SMILES string of the molecule is COc1cc(/C(O)=C2/C(=O)C(=O)N(CC3CCCO3)C2c2sccc2C)ccc1Cl. The highest BCUT2D eigenvalue weighted by atomic mass is 35.5. The Bertz CT molecular complexity index is 1020. The zero-order valence-corrected chi connectivity index (χ0v) is 18.3. The molecule has 1 amide bonds. The molecule has 2 aromatic rings. The molecule has 2 saturated heterocycles. The number of Topliss-reactive ketones (excluding diaryl/α,β-unsaturated/α-hetero) is 1. The lowest BCUT2D eigenvalue weighted by Crippen LogP contribution is -2.36. The number of amides is 1. The Morgan fingerprint density at radius 2 is 2.17 bits per heavy atom. The molecule has 0 bridgehead atoms. The molecule has 4 rings (SSSR count). The molecule has 6 nitrogen and oxygen atoms in total. The summed E-state index contributed by atoms with van der Waals surface area (Å²) in [5, 5.41) is 13.4. The number of aliphatic hydroxyl groups excluding tert-OH is 1. The molecule has 3 heterocycles. The van der Waals surface area contributed by atoms with Crippen molar-refractivity contribution < 1.29 is 24.2 Å². The highest BCUT2D eigenvalue weighted by Crippen LogP contribution is 2.43. The molecule has 8 heteroatoms. The van der Waals surface area contributed by atoms with Crippen LogP contribution in [-0.2, 0) is 14.3 Å². The molecular weight excluding hydrogens is 426 g/mol. The van der Waals surface area contributed by atoms with E-state index in [1.165, 1.54) is 23.3 Å². The fourth-order valence-corrected chi connectivity index (χ4v) is 5.22. The minimum Gasteiger partial charge on any atom is -0.507 e. The Hall–Kier alpha value is -2.35. The van der Waals surface area contributed by atoms with Gasteiger partial charge >= 0.3 is 0 Å². The second-order valence-electron chi connectivity index (χ2n) is 7.40. The van der Waals surface area contributed by atoms with Crippen LogP contribution in [0.4, 0.5) is 0 Å². The van der Waals surface area contributed by atoms with Gasteiger partial charge in [-0.25, -0.2) is 0 Å². The topological polar surface area (TPSA) is 76.1 Å². The lowest BCUT2D eigenvalue weighted by molar-refractivity contribution is -0.140. The van der Waals surface area contributed by atoms with Crippen LogP contribution >= 0.6 is 22.9 Å². The van der Waals surface area contributed by atoms with E-state index in [1.807, 2.05) is 18.4 Å². The van der Waals surface area contributed by atoms with Gasteiger partial charge in [0.2, 0.25) is 0 Å². The molecule has 2 atom stereocenters. The summed E-state index contributed by atoms with van der Waals surface area (Å²) < 4.78 is 10.9. The molecule has 0 radical (unpaired) electrons. The van der Waals surface area contributed by atoms with E-state index < -0.39 is 17.7 Å². The maximum atomic E-state index is 13.0. The molecule has 1 N–H and O–H groups in total. The molecule has 2 aliphatic rings. The number of benzene rings is 1. The molecule has 2 unspecified atom stereocenters. The van der Waals surface area contributed by atoms with Crippen molar-refractivity contribution in [3.8, 4) is 5.75 Å². The van der Waals surface area contributed by atoms with Crippen LogP contribution in [0.3, 0.4) is 0 Å². The van der Waals surface area contributed by atoms with Crippen LogP contribution in [0.25, 0.3) is 5.76 Å². The summed E-state index contributed by atoms with van der Waals surface area (Å²) in [6.45, 7) is 2.90. The van der Waals surface area contributed by atoms with Crippen LogP contribution in [0, 0.1) is 6.92 Å². The third kappa shape index (κ3) is 3.62. The summed E-state index contributed by atoms with van der Waals surface area (Å²) in [7, 11) is 1.47. The Kier molecular flexibility index (Phi) is 5.86. The number of aliphatic hydroxyl groups is 1. The average molecular weight is 448 g/mol. The molecule has 2 fully saturated rings. The summed E-state index contributed by atoms with van der Waals surface area (Å²) >= 11 is 7.56. The number of nitrogens with zero attached hydrogens (tertiary/aromatic N) is 1. The zero-order chi connectivity index (χ0) is 21.4. The second-order valence-corrected chi connectivity index (χ2v) is 8.76. The van der Waals surface area contributed by atoms with E-state index in [4.69, 9.17) is 21.1 Å². The minimum absolute atomic E-state index is 0.0768. The van der Waals surface area contributed by atoms with Crippen molar-refractivity contribution in [1.82, 2.24) is 4.90 Å². The molecule has 30 heavy (non-hydrogen) atoms. The number of halogens is 1. The van der Waals surface area contributed by atoms with Gasteiger partial charge in [-0.15, -0.1) is 11.3 Å². The molecule has 1 aromatic carbocycles. The summed E-state index contributed by atoms with van der Waals surface area (Å²) in [5.74, 6) is -1.18. The van der Waals surface area contributed by atoms with E-state index in [2.05, 4.69) is 0 Å². The van der Waals surface area contributed by atoms with Crippen molar-refractivity contribution in [2.24, 2.45) is 0 Å². The summed E-state index contributed by atoms with van der Waals surface area (Å²) in [6, 6.07) is 6.03. The van der Waals surface area contributed by atoms with E-state index in [9.17, 15) is 14.7 Å². The number of carbonyl (C=O) groups is 2. The van der Waals surface area contributed by atoms with Crippen LogP contribution < -0.4 is 4.74 Å². The number of hydrogen-bond acceptors (Lipinski definition) is 6. The molecule has 0 spiro atoms. The third-order valence-corrected chi connectivity index (χ3v) is 6.92. The highest BCUT2D eigenvalue weighted by molar-refractivity contribution is 7.10. The van der Waals surface area contributed by atoms with Gasteiger partial charge in [0.05, 0.1) is 29.9 Å². The summed E-state index contributed by atoms with van der Waals surface area (Å²) in [6.07, 6.45) is 1.66. The zero-order valence-electron chi connectivity index (χ0n) is 16.7. The monoisotopic (exact) mass is 447 g/mol. The number of likely N-dealkylation sites (tertiary alicyclic amines) is 1. The number of rotatable bonds is 5. The minimum atomic E-state index is -0.697. The van der Waals surface area contributed by atoms with Crippen molar-refractivity contribution >= 4 is 40.4 Å². The molecule has 0 aliphatic carbocycles. The van der Waals surface area contributed by atoms with Gasteiger partial charge < -0.3 is 19.5 Å². The van der Waals surface area contributed by atoms with Crippen LogP contribution in [0.5, 0.6) is 5.75 Å². The smallest absolute Gasteiger partial charge is 0.295 e. The normalized spacial score (nSPS) is 23.4. The van der Waals surface area contributed by atoms with Crippen LogP contribution in [0.15, 0.2) is 35.2 Å². The lowest BCUT2D eigenvalue weighted by atomic mass is 9.98. The molecule has 158 valence electrons. The Balaban J connectivity index is 1.83. The molecule has 0 saturated carbocycles. The molecule has 2 aliphatic heterocycles. The first-order valence-corrected chi connectivity index (χ1v) is 11.0. The average Bonchev–Trinajstić information content (AvgIpc) is 3.45. The van der Waals surface area contributed by atoms with Gasteiger partial charge in [-0.1, -0.05) is 11.6 Å². The van der Waals surface area contributed by atoms with E-state index in [-0.39, 0.29) is 17.4 Å². The van der Waals surface area contributed by atoms with Crippen LogP contribution in [-0.4, -0.2) is 48.1 Å². The van der Waals surface area contributed by atoms with Gasteiger partial charge in [-0.3, -0.25) is 9.59 Å². The van der Waals surface area contributed by atoms with Crippen molar-refractivity contribution in [3.05, 3.63) is 56.2 Å². The van der Waals surface area contributed by atoms with E-state index in [0.717, 1.165) is 23.3 Å². The number of ketones is 1. The highest BCUT2D eigenvalue weighted by Gasteiger charge is 2.48. The third-order valence-electron chi connectivity index (χ3n) is 5.54. The first kappa shape index (κ1) is 20.9. The van der Waals surface area contributed by atoms with E-state index in [0.29, 0.717) is 29.5 Å². The molecular formula is C22H22ClNO5S. The maximum Gasteiger partial charge on any atom is 0.295 e. The lowest BCUT2D eigenvalue weighted by Gasteiger charge is -2.27. The predicted molar refractivity (Wildman–Crippen MR) is 115 cm³/mol. The van der Waals surface area contributed by atoms with Gasteiger partial charge in [0.25, 0.3) is 11.7 Å². The molecule has 1 aromatic heterocycles. The Morgan fingerprint density at radius 1 is 1.37 bits per heavy atom. The van der Waals surface area contributed by atoms with Gasteiger partial charge in [-0.05, 0) is 55.0 Å². The van der Waals surface area contributed by atoms with Gasteiger partial charge in [0.1, 0.15) is 11.5 Å². The van der Waals surface area contributed by atoms with Crippen LogP contribution in [0.2, 0.25) is 5.02 Å². The first-order chi connectivity index (χ1) is 14.4. The summed E-state index contributed by atoms with van der Waals surface area (Å²) in [5.41, 5.74) is 1.40. The van der Waals surface area contributed by atoms with Crippen molar-refractivity contribution in [1.29, 1.82) is 0 Å². The number of carbonyl (C=O) groups excluding carboxylic acids is 2. The second kappa shape index (κ2) is 8.41. The Morgan fingerprint density at radius 3 is 2.80 bits per heavy atom. The number of hydrogen-bond donors (Lipinski definition) is 1. The van der Waals surface area contributed by atoms with Gasteiger partial charge in [-0.2, -0.15) is 0 Å². The van der Waals surface area contributed by atoms with Gasteiger partial charge in [0.15, 0.2) is 0 Å². The van der Waals surface area contributed by atoms with E-state index in [1.54, 1.807) is 18.2 Å². The predicted octanol–water partition coefficient (Wildman–Crippen LogP) is 4.32. The largest absolute Gasteiger partial charge is 0.507 e. The number of ether oxygens (including phenoxy) is 2. The van der Waals surface area contributed by atoms with Crippen molar-refractivity contribution in [2.75, 3.05) is 20.3 Å². The summed E-state index contributed by atoms with van der Waals surface area (Å²) in [4.78, 5) is 28.4. The maximum absolute atomic E-state index is 13.0.